The molecule has 1 amide bonds. The number of amides is 1. The smallest absolute Gasteiger partial charge is 0.534 e. The molecule has 2 rings (SSSR count). The molecule has 1 heterocycles. The number of benzene rings is 1. The van der Waals surface area contributed by atoms with Crippen molar-refractivity contribution in [3.63, 3.8) is 0 Å². The third-order valence-electron chi connectivity index (χ3n) is 3.01. The fourth-order valence-corrected chi connectivity index (χ4v) is 2.11. The quantitative estimate of drug-likeness (QED) is 0.426. The lowest BCUT2D eigenvalue weighted by Crippen LogP contribution is -2.53. The van der Waals surface area contributed by atoms with Crippen LogP contribution in [-0.2, 0) is 16.0 Å². The number of para-hydroxylation sites is 1. The van der Waals surface area contributed by atoms with Crippen molar-refractivity contribution in [3.8, 4) is 5.75 Å². The summed E-state index contributed by atoms with van der Waals surface area (Å²) in [6, 6.07) is 4.49. The average molecular weight is 293 g/mol. The maximum absolute atomic E-state index is 11.4. The Kier molecular flexibility index (Phi) is 4.13. The Balaban J connectivity index is 2.17. The van der Waals surface area contributed by atoms with E-state index in [-0.39, 0.29) is 17.7 Å². The zero-order valence-corrected chi connectivity index (χ0v) is 10.8. The maximum Gasteiger partial charge on any atom is 0.547 e. The predicted molar refractivity (Wildman–Crippen MR) is 69.9 cm³/mol. The number of carboxylic acids is 2. The van der Waals surface area contributed by atoms with E-state index < -0.39 is 37.3 Å². The third-order valence-corrected chi connectivity index (χ3v) is 3.01. The Morgan fingerprint density at radius 2 is 2.05 bits per heavy atom. The zero-order chi connectivity index (χ0) is 15.6. The van der Waals surface area contributed by atoms with E-state index in [2.05, 4.69) is 5.32 Å². The minimum Gasteiger partial charge on any atom is -0.534 e. The van der Waals surface area contributed by atoms with Gasteiger partial charge in [-0.1, -0.05) is 12.1 Å². The summed E-state index contributed by atoms with van der Waals surface area (Å²) >= 11 is 0. The van der Waals surface area contributed by atoms with E-state index in [0.29, 0.717) is 5.56 Å². The van der Waals surface area contributed by atoms with Crippen molar-refractivity contribution in [1.82, 2.24) is 5.32 Å². The van der Waals surface area contributed by atoms with Crippen LogP contribution in [0.3, 0.4) is 0 Å². The molecule has 0 spiro atoms. The van der Waals surface area contributed by atoms with Gasteiger partial charge < -0.3 is 25.2 Å². The van der Waals surface area contributed by atoms with Gasteiger partial charge in [-0.3, -0.25) is 9.59 Å². The molecular weight excluding hydrogens is 281 g/mol. The van der Waals surface area contributed by atoms with Crippen molar-refractivity contribution in [2.75, 3.05) is 0 Å². The van der Waals surface area contributed by atoms with E-state index in [1.54, 1.807) is 6.07 Å². The first-order valence-electron chi connectivity index (χ1n) is 6.09. The zero-order valence-electron chi connectivity index (χ0n) is 10.8. The number of carboxylic acid groups (broad SMARTS) is 2. The molecule has 0 saturated carbocycles. The molecule has 0 bridgehead atoms. The standard InChI is InChI=1S/C12H12BNO7/c15-9(5-10(16)17)14-8-4-6-2-1-3-7(12(18)19)11(6)21-13(8)20/h1-3,8,20H,4-5H2,(H,14,15)(H,16,17)(H,18,19). The SMILES string of the molecule is O=C(O)CC(=O)NC1Cc2cccc(C(=O)O)c2OB1O. The van der Waals surface area contributed by atoms with Gasteiger partial charge in [0.25, 0.3) is 0 Å². The summed E-state index contributed by atoms with van der Waals surface area (Å²) in [5.41, 5.74) is 0.433. The molecule has 1 aromatic rings. The first-order chi connectivity index (χ1) is 9.88. The van der Waals surface area contributed by atoms with Gasteiger partial charge in [-0.15, -0.1) is 0 Å². The number of carbonyl (C=O) groups is 3. The molecule has 8 nitrogen and oxygen atoms in total. The second kappa shape index (κ2) is 5.84. The number of hydrogen-bond donors (Lipinski definition) is 4. The van der Waals surface area contributed by atoms with Gasteiger partial charge in [-0.2, -0.15) is 0 Å². The highest BCUT2D eigenvalue weighted by molar-refractivity contribution is 6.47. The largest absolute Gasteiger partial charge is 0.547 e. The Bertz CT molecular complexity index is 603. The highest BCUT2D eigenvalue weighted by Crippen LogP contribution is 2.30. The molecule has 0 radical (unpaired) electrons. The van der Waals surface area contributed by atoms with Crippen molar-refractivity contribution in [3.05, 3.63) is 29.3 Å². The van der Waals surface area contributed by atoms with Gasteiger partial charge in [-0.05, 0) is 18.1 Å². The summed E-state index contributed by atoms with van der Waals surface area (Å²) < 4.78 is 5.16. The fraction of sp³-hybridized carbons (Fsp3) is 0.250. The van der Waals surface area contributed by atoms with Crippen LogP contribution in [0, 0.1) is 0 Å². The lowest BCUT2D eigenvalue weighted by molar-refractivity contribution is -0.140. The van der Waals surface area contributed by atoms with Crippen LogP contribution < -0.4 is 9.97 Å². The maximum atomic E-state index is 11.4. The Hall–Kier alpha value is -2.55. The lowest BCUT2D eigenvalue weighted by Gasteiger charge is -2.28. The van der Waals surface area contributed by atoms with Crippen molar-refractivity contribution in [2.45, 2.75) is 18.8 Å². The van der Waals surface area contributed by atoms with Crippen LogP contribution in [0.2, 0.25) is 0 Å². The minimum absolute atomic E-state index is 0.0567. The molecule has 21 heavy (non-hydrogen) atoms. The molecule has 110 valence electrons. The van der Waals surface area contributed by atoms with E-state index in [4.69, 9.17) is 14.9 Å². The van der Waals surface area contributed by atoms with Gasteiger partial charge in [0, 0.05) is 0 Å². The molecule has 1 aromatic carbocycles. The number of aliphatic carboxylic acids is 1. The second-order valence-corrected chi connectivity index (χ2v) is 4.56. The molecule has 1 unspecified atom stereocenters. The van der Waals surface area contributed by atoms with E-state index in [0.717, 1.165) is 0 Å². The van der Waals surface area contributed by atoms with E-state index in [9.17, 15) is 19.4 Å². The van der Waals surface area contributed by atoms with Crippen molar-refractivity contribution >= 4 is 25.0 Å². The van der Waals surface area contributed by atoms with E-state index in [1.807, 2.05) is 0 Å². The van der Waals surface area contributed by atoms with Crippen LogP contribution in [0.5, 0.6) is 5.75 Å². The van der Waals surface area contributed by atoms with Crippen LogP contribution in [-0.4, -0.2) is 46.1 Å². The van der Waals surface area contributed by atoms with Crippen LogP contribution in [0.25, 0.3) is 0 Å². The topological polar surface area (TPSA) is 133 Å². The summed E-state index contributed by atoms with van der Waals surface area (Å²) in [5.74, 6) is -4.01. The number of hydrogen-bond acceptors (Lipinski definition) is 5. The van der Waals surface area contributed by atoms with E-state index >= 15 is 0 Å². The number of rotatable bonds is 4. The van der Waals surface area contributed by atoms with Gasteiger partial charge in [0.2, 0.25) is 5.91 Å². The second-order valence-electron chi connectivity index (χ2n) is 4.56. The number of aromatic carboxylic acids is 1. The van der Waals surface area contributed by atoms with Crippen LogP contribution in [0.4, 0.5) is 0 Å². The van der Waals surface area contributed by atoms with Gasteiger partial charge in [0.15, 0.2) is 0 Å². The van der Waals surface area contributed by atoms with Crippen molar-refractivity contribution < 1.29 is 34.3 Å². The Morgan fingerprint density at radius 3 is 2.67 bits per heavy atom. The molecule has 0 fully saturated rings. The highest BCUT2D eigenvalue weighted by Gasteiger charge is 2.37. The molecule has 1 aliphatic rings. The molecule has 1 aliphatic heterocycles. The summed E-state index contributed by atoms with van der Waals surface area (Å²) in [4.78, 5) is 32.9. The van der Waals surface area contributed by atoms with Crippen LogP contribution >= 0.6 is 0 Å². The molecule has 0 aliphatic carbocycles. The van der Waals surface area contributed by atoms with Crippen LogP contribution in [0.1, 0.15) is 22.3 Å². The predicted octanol–water partition coefficient (Wildman–Crippen LogP) is -0.701. The first-order valence-corrected chi connectivity index (χ1v) is 6.09. The number of nitrogens with one attached hydrogen (secondary N) is 1. The van der Waals surface area contributed by atoms with Gasteiger partial charge in [0.1, 0.15) is 12.2 Å². The Morgan fingerprint density at radius 1 is 1.33 bits per heavy atom. The van der Waals surface area contributed by atoms with Crippen molar-refractivity contribution in [2.24, 2.45) is 0 Å². The minimum atomic E-state index is -1.45. The molecule has 4 N–H and O–H groups in total. The number of carbonyl (C=O) groups excluding carboxylic acids is 1. The third kappa shape index (κ3) is 3.32. The summed E-state index contributed by atoms with van der Waals surface area (Å²) in [6.07, 6.45) is -0.575. The summed E-state index contributed by atoms with van der Waals surface area (Å²) in [5, 5.41) is 29.7. The van der Waals surface area contributed by atoms with Crippen molar-refractivity contribution in [1.29, 1.82) is 0 Å². The highest BCUT2D eigenvalue weighted by atomic mass is 16.5. The number of fused-ring (bicyclic) bond motifs is 1. The van der Waals surface area contributed by atoms with Gasteiger partial charge in [-0.25, -0.2) is 4.79 Å². The molecule has 0 saturated heterocycles. The van der Waals surface area contributed by atoms with Crippen LogP contribution in [0.15, 0.2) is 18.2 Å². The lowest BCUT2D eigenvalue weighted by atomic mass is 9.72. The first kappa shape index (κ1) is 14.9. The van der Waals surface area contributed by atoms with E-state index in [1.165, 1.54) is 12.1 Å². The molecular formula is C12H12BNO7. The van der Waals surface area contributed by atoms with Gasteiger partial charge in [0.05, 0.1) is 11.5 Å². The van der Waals surface area contributed by atoms with Gasteiger partial charge >= 0.3 is 19.1 Å². The fourth-order valence-electron chi connectivity index (χ4n) is 2.11. The molecule has 1 atom stereocenters. The monoisotopic (exact) mass is 293 g/mol. The molecule has 9 heteroatoms. The normalized spacial score (nSPS) is 16.6. The summed E-state index contributed by atoms with van der Waals surface area (Å²) in [7, 11) is -1.45. The summed E-state index contributed by atoms with van der Waals surface area (Å²) in [6.45, 7) is 0. The molecule has 0 aromatic heterocycles. The average Bonchev–Trinajstić information content (AvgIpc) is 2.37. The Labute approximate surface area is 119 Å².